The van der Waals surface area contributed by atoms with Gasteiger partial charge in [0, 0.05) is 0 Å². The molecule has 0 saturated heterocycles. The van der Waals surface area contributed by atoms with E-state index in [4.69, 9.17) is 14.2 Å². The standard InChI is InChI=1S/C19H34O7/c1-5-8-10-24-18(22)14(4)16(19(23)25-11-9-6-2)12-17(21)26-13-15(20)7-3/h14-16,20H,5-13H2,1-4H3. The van der Waals surface area contributed by atoms with Gasteiger partial charge in [-0.3, -0.25) is 14.4 Å². The van der Waals surface area contributed by atoms with E-state index in [9.17, 15) is 19.5 Å². The Labute approximate surface area is 156 Å². The molecule has 0 aliphatic rings. The second-order valence-electron chi connectivity index (χ2n) is 6.39. The molecule has 0 amide bonds. The highest BCUT2D eigenvalue weighted by molar-refractivity contribution is 5.85. The van der Waals surface area contributed by atoms with Crippen molar-refractivity contribution in [3.63, 3.8) is 0 Å². The van der Waals surface area contributed by atoms with Crippen LogP contribution in [-0.4, -0.2) is 48.9 Å². The van der Waals surface area contributed by atoms with Gasteiger partial charge >= 0.3 is 17.9 Å². The molecule has 1 N–H and O–H groups in total. The summed E-state index contributed by atoms with van der Waals surface area (Å²) >= 11 is 0. The van der Waals surface area contributed by atoms with Gasteiger partial charge in [-0.15, -0.1) is 0 Å². The number of aliphatic hydroxyl groups excluding tert-OH is 1. The fourth-order valence-electron chi connectivity index (χ4n) is 2.05. The Morgan fingerprint density at radius 3 is 1.92 bits per heavy atom. The Hall–Kier alpha value is -1.63. The number of carbonyl (C=O) groups excluding carboxylic acids is 3. The predicted molar refractivity (Wildman–Crippen MR) is 96.3 cm³/mol. The zero-order valence-corrected chi connectivity index (χ0v) is 16.5. The van der Waals surface area contributed by atoms with Crippen molar-refractivity contribution < 1.29 is 33.7 Å². The van der Waals surface area contributed by atoms with Gasteiger partial charge in [-0.25, -0.2) is 0 Å². The van der Waals surface area contributed by atoms with Crippen molar-refractivity contribution in [1.82, 2.24) is 0 Å². The van der Waals surface area contributed by atoms with E-state index in [0.29, 0.717) is 12.8 Å². The molecular weight excluding hydrogens is 340 g/mol. The first-order chi connectivity index (χ1) is 12.4. The third kappa shape index (κ3) is 10.4. The molecule has 152 valence electrons. The molecular formula is C19H34O7. The maximum absolute atomic E-state index is 12.3. The van der Waals surface area contributed by atoms with Crippen LogP contribution < -0.4 is 0 Å². The summed E-state index contributed by atoms with van der Waals surface area (Å²) in [7, 11) is 0. The van der Waals surface area contributed by atoms with Crippen LogP contribution in [0.25, 0.3) is 0 Å². The molecule has 0 radical (unpaired) electrons. The Morgan fingerprint density at radius 2 is 1.42 bits per heavy atom. The van der Waals surface area contributed by atoms with Gasteiger partial charge in [-0.2, -0.15) is 0 Å². The van der Waals surface area contributed by atoms with Crippen LogP contribution in [0.5, 0.6) is 0 Å². The highest BCUT2D eigenvalue weighted by Crippen LogP contribution is 2.21. The summed E-state index contributed by atoms with van der Waals surface area (Å²) in [6.07, 6.45) is 2.62. The van der Waals surface area contributed by atoms with Crippen LogP contribution in [0.1, 0.15) is 66.2 Å². The topological polar surface area (TPSA) is 99.1 Å². The molecule has 0 heterocycles. The van der Waals surface area contributed by atoms with Gasteiger partial charge in [-0.1, -0.05) is 40.5 Å². The normalized spacial score (nSPS) is 14.2. The second-order valence-corrected chi connectivity index (χ2v) is 6.39. The van der Waals surface area contributed by atoms with E-state index < -0.39 is 35.8 Å². The molecule has 7 heteroatoms. The summed E-state index contributed by atoms with van der Waals surface area (Å²) in [5.74, 6) is -3.57. The fourth-order valence-corrected chi connectivity index (χ4v) is 2.05. The Bertz CT molecular complexity index is 422. The Kier molecular flexibility index (Phi) is 13.6. The summed E-state index contributed by atoms with van der Waals surface area (Å²) in [6, 6.07) is 0. The molecule has 7 nitrogen and oxygen atoms in total. The van der Waals surface area contributed by atoms with Gasteiger partial charge in [0.05, 0.1) is 37.6 Å². The monoisotopic (exact) mass is 374 g/mol. The lowest BCUT2D eigenvalue weighted by Crippen LogP contribution is -2.33. The van der Waals surface area contributed by atoms with Crippen LogP contribution in [-0.2, 0) is 28.6 Å². The largest absolute Gasteiger partial charge is 0.465 e. The maximum Gasteiger partial charge on any atom is 0.310 e. The van der Waals surface area contributed by atoms with Crippen molar-refractivity contribution in [2.24, 2.45) is 11.8 Å². The summed E-state index contributed by atoms with van der Waals surface area (Å²) in [5.41, 5.74) is 0. The molecule has 0 aromatic rings. The Balaban J connectivity index is 4.83. The molecule has 0 saturated carbocycles. The summed E-state index contributed by atoms with van der Waals surface area (Å²) in [6.45, 7) is 7.65. The summed E-state index contributed by atoms with van der Waals surface area (Å²) < 4.78 is 15.3. The number of hydrogen-bond donors (Lipinski definition) is 1. The van der Waals surface area contributed by atoms with E-state index in [2.05, 4.69) is 0 Å². The highest BCUT2D eigenvalue weighted by atomic mass is 16.5. The average molecular weight is 374 g/mol. The van der Waals surface area contributed by atoms with Gasteiger partial charge in [0.2, 0.25) is 0 Å². The minimum Gasteiger partial charge on any atom is -0.465 e. The molecule has 26 heavy (non-hydrogen) atoms. The van der Waals surface area contributed by atoms with Crippen LogP contribution in [0.2, 0.25) is 0 Å². The van der Waals surface area contributed by atoms with Gasteiger partial charge < -0.3 is 19.3 Å². The number of unbranched alkanes of at least 4 members (excludes halogenated alkanes) is 2. The van der Waals surface area contributed by atoms with Crippen molar-refractivity contribution in [3.05, 3.63) is 0 Å². The average Bonchev–Trinajstić information content (AvgIpc) is 2.63. The number of ether oxygens (including phenoxy) is 3. The SMILES string of the molecule is CCCCOC(=O)C(C)C(CC(=O)OCC(O)CC)C(=O)OCCCC. The van der Waals surface area contributed by atoms with Crippen molar-refractivity contribution in [2.75, 3.05) is 19.8 Å². The number of carbonyl (C=O) groups is 3. The van der Waals surface area contributed by atoms with E-state index in [1.807, 2.05) is 13.8 Å². The number of rotatable bonds is 14. The smallest absolute Gasteiger partial charge is 0.310 e. The third-order valence-electron chi connectivity index (χ3n) is 4.06. The lowest BCUT2D eigenvalue weighted by atomic mass is 9.91. The van der Waals surface area contributed by atoms with Crippen LogP contribution in [0.4, 0.5) is 0 Å². The first-order valence-corrected chi connectivity index (χ1v) is 9.54. The molecule has 0 fully saturated rings. The van der Waals surface area contributed by atoms with Gasteiger partial charge in [0.1, 0.15) is 6.61 Å². The second kappa shape index (κ2) is 14.5. The molecule has 0 aromatic carbocycles. The summed E-state index contributed by atoms with van der Waals surface area (Å²) in [4.78, 5) is 36.5. The van der Waals surface area contributed by atoms with Crippen LogP contribution >= 0.6 is 0 Å². The van der Waals surface area contributed by atoms with Crippen LogP contribution in [0.15, 0.2) is 0 Å². The first-order valence-electron chi connectivity index (χ1n) is 9.54. The van der Waals surface area contributed by atoms with Crippen molar-refractivity contribution in [3.8, 4) is 0 Å². The van der Waals surface area contributed by atoms with Crippen LogP contribution in [0.3, 0.4) is 0 Å². The lowest BCUT2D eigenvalue weighted by molar-refractivity contribution is -0.164. The highest BCUT2D eigenvalue weighted by Gasteiger charge is 2.35. The van der Waals surface area contributed by atoms with Gasteiger partial charge in [0.25, 0.3) is 0 Å². The molecule has 3 unspecified atom stereocenters. The molecule has 0 bridgehead atoms. The lowest BCUT2D eigenvalue weighted by Gasteiger charge is -2.21. The van der Waals surface area contributed by atoms with E-state index in [1.165, 1.54) is 0 Å². The number of esters is 3. The van der Waals surface area contributed by atoms with Crippen LogP contribution in [0, 0.1) is 11.8 Å². The number of aliphatic hydroxyl groups is 1. The molecule has 0 rings (SSSR count). The minimum atomic E-state index is -0.966. The quantitative estimate of drug-likeness (QED) is 0.283. The molecule has 0 spiro atoms. The minimum absolute atomic E-state index is 0.137. The van der Waals surface area contributed by atoms with Crippen molar-refractivity contribution >= 4 is 17.9 Å². The number of hydrogen-bond acceptors (Lipinski definition) is 7. The van der Waals surface area contributed by atoms with Gasteiger partial charge in [0.15, 0.2) is 0 Å². The molecule has 0 aliphatic carbocycles. The Morgan fingerprint density at radius 1 is 0.885 bits per heavy atom. The summed E-state index contributed by atoms with van der Waals surface area (Å²) in [5, 5.41) is 9.47. The zero-order chi connectivity index (χ0) is 19.9. The molecule has 0 aliphatic heterocycles. The maximum atomic E-state index is 12.3. The molecule has 3 atom stereocenters. The van der Waals surface area contributed by atoms with Crippen molar-refractivity contribution in [2.45, 2.75) is 72.3 Å². The third-order valence-corrected chi connectivity index (χ3v) is 4.06. The fraction of sp³-hybridized carbons (Fsp3) is 0.842. The van der Waals surface area contributed by atoms with E-state index in [1.54, 1.807) is 13.8 Å². The first kappa shape index (κ1) is 24.4. The van der Waals surface area contributed by atoms with E-state index in [-0.39, 0.29) is 26.2 Å². The van der Waals surface area contributed by atoms with Gasteiger partial charge in [-0.05, 0) is 19.3 Å². The van der Waals surface area contributed by atoms with E-state index in [0.717, 1.165) is 19.3 Å². The van der Waals surface area contributed by atoms with Crippen molar-refractivity contribution in [1.29, 1.82) is 0 Å². The predicted octanol–water partition coefficient (Wildman–Crippen LogP) is 2.63. The zero-order valence-electron chi connectivity index (χ0n) is 16.5. The molecule has 0 aromatic heterocycles. The van der Waals surface area contributed by atoms with E-state index >= 15 is 0 Å².